The van der Waals surface area contributed by atoms with E-state index in [1.165, 1.54) is 11.3 Å². The first-order valence-electron chi connectivity index (χ1n) is 15.3. The molecule has 5 unspecified atom stereocenters. The molecule has 240 valence electrons. The Balaban J connectivity index is 1.20. The Hall–Kier alpha value is -3.78. The zero-order valence-electron chi connectivity index (χ0n) is 24.9. The fourth-order valence-electron chi connectivity index (χ4n) is 6.32. The van der Waals surface area contributed by atoms with Crippen LogP contribution in [0.2, 0.25) is 0 Å². The lowest BCUT2D eigenvalue weighted by Gasteiger charge is -2.26. The third kappa shape index (κ3) is 6.76. The summed E-state index contributed by atoms with van der Waals surface area (Å²) in [4.78, 5) is 59.9. The summed E-state index contributed by atoms with van der Waals surface area (Å²) >= 11 is 1.43. The second-order valence-corrected chi connectivity index (χ2v) is 15.2. The van der Waals surface area contributed by atoms with Crippen LogP contribution in [-0.4, -0.2) is 72.6 Å². The van der Waals surface area contributed by atoms with E-state index in [1.54, 1.807) is 30.3 Å². The van der Waals surface area contributed by atoms with Crippen molar-refractivity contribution in [3.05, 3.63) is 48.0 Å². The molecule has 3 saturated carbocycles. The molecule has 14 heteroatoms. The molecule has 2 aromatic rings. The van der Waals surface area contributed by atoms with Gasteiger partial charge in [-0.1, -0.05) is 24.3 Å². The predicted octanol–water partition coefficient (Wildman–Crippen LogP) is 3.44. The van der Waals surface area contributed by atoms with Gasteiger partial charge in [-0.3, -0.25) is 24.4 Å². The summed E-state index contributed by atoms with van der Waals surface area (Å²) in [6, 6.07) is 7.21. The van der Waals surface area contributed by atoms with Gasteiger partial charge < -0.3 is 15.0 Å². The van der Waals surface area contributed by atoms with Crippen molar-refractivity contribution in [2.75, 3.05) is 18.9 Å². The zero-order chi connectivity index (χ0) is 31.8. The van der Waals surface area contributed by atoms with Crippen LogP contribution in [0, 0.1) is 17.8 Å². The molecule has 3 N–H and O–H groups in total. The number of ether oxygens (including phenoxy) is 1. The lowest BCUT2D eigenvalue weighted by Crippen LogP contribution is -2.54. The lowest BCUT2D eigenvalue weighted by molar-refractivity contribution is -0.140. The van der Waals surface area contributed by atoms with E-state index < -0.39 is 56.7 Å². The van der Waals surface area contributed by atoms with Crippen LogP contribution in [0.25, 0.3) is 10.6 Å². The Morgan fingerprint density at radius 2 is 1.91 bits per heavy atom. The van der Waals surface area contributed by atoms with Gasteiger partial charge in [0.1, 0.15) is 16.7 Å². The monoisotopic (exact) mass is 655 g/mol. The van der Waals surface area contributed by atoms with Gasteiger partial charge in [0.15, 0.2) is 0 Å². The summed E-state index contributed by atoms with van der Waals surface area (Å²) in [7, 11) is -2.13. The van der Waals surface area contributed by atoms with E-state index in [9.17, 15) is 27.6 Å². The maximum atomic E-state index is 13.9. The van der Waals surface area contributed by atoms with E-state index >= 15 is 0 Å². The third-order valence-electron chi connectivity index (χ3n) is 9.10. The Morgan fingerprint density at radius 3 is 2.67 bits per heavy atom. The normalized spacial score (nSPS) is 28.7. The third-order valence-corrected chi connectivity index (χ3v) is 11.7. The second-order valence-electron chi connectivity index (χ2n) is 12.4. The molecule has 3 fully saturated rings. The first kappa shape index (κ1) is 31.2. The quantitative estimate of drug-likeness (QED) is 0.399. The maximum Gasteiger partial charge on any atom is 0.411 e. The number of sulfonamides is 1. The molecule has 6 rings (SSSR count). The number of benzene rings is 1. The van der Waals surface area contributed by atoms with Crippen molar-refractivity contribution >= 4 is 50.9 Å². The molecule has 4 aliphatic rings. The molecule has 0 radical (unpaired) electrons. The highest BCUT2D eigenvalue weighted by Gasteiger charge is 2.62. The van der Waals surface area contributed by atoms with Gasteiger partial charge in [0.05, 0.1) is 22.8 Å². The number of carbonyl (C=O) groups excluding carboxylic acids is 4. The van der Waals surface area contributed by atoms with Crippen LogP contribution >= 0.6 is 11.3 Å². The van der Waals surface area contributed by atoms with Gasteiger partial charge in [0.25, 0.3) is 5.91 Å². The minimum atomic E-state index is -3.83. The molecule has 4 amide bonds. The second kappa shape index (κ2) is 12.5. The van der Waals surface area contributed by atoms with E-state index in [1.807, 2.05) is 29.7 Å². The number of allylic oxidation sites excluding steroid dienone is 1. The highest BCUT2D eigenvalue weighted by molar-refractivity contribution is 7.91. The number of thiazole rings is 1. The number of nitrogens with one attached hydrogen (secondary N) is 3. The standard InChI is InChI=1S/C31H37N5O7S2/c1-36-14-7-3-2-4-8-19-18-31(19,29(39)35-45(41,42)21-11-12-21)34-26(37)23-16-20(17-24(23)28(36)38)43-30(40)33-25-10-6-5-9-22(25)27-32-13-15-44-27/h4-6,8-10,13,15,19-21,23-24H,2-3,7,11-12,14,16-18H2,1H3,(H,33,40)(H,34,37)(H,35,39). The SMILES string of the molecule is CN1CCCCC=CC2CC2(C(=O)NS(=O)(=O)C2CC2)NC(=O)C2CC(OC(=O)Nc3ccccc3-c3nccs3)CC2C1=O. The van der Waals surface area contributed by atoms with Crippen LogP contribution in [0.1, 0.15) is 51.4 Å². The van der Waals surface area contributed by atoms with E-state index in [0.717, 1.165) is 29.8 Å². The smallest absolute Gasteiger partial charge is 0.411 e. The summed E-state index contributed by atoms with van der Waals surface area (Å²) in [5.41, 5.74) is -0.167. The molecule has 0 bridgehead atoms. The summed E-state index contributed by atoms with van der Waals surface area (Å²) in [5, 5.41) is 7.60. The van der Waals surface area contributed by atoms with Gasteiger partial charge in [-0.2, -0.15) is 0 Å². The molecular weight excluding hydrogens is 619 g/mol. The maximum absolute atomic E-state index is 13.9. The number of anilines is 1. The lowest BCUT2D eigenvalue weighted by atomic mass is 9.93. The van der Waals surface area contributed by atoms with Crippen LogP contribution in [0.15, 0.2) is 48.0 Å². The fraction of sp³-hybridized carbons (Fsp3) is 0.516. The average molecular weight is 656 g/mol. The van der Waals surface area contributed by atoms with Gasteiger partial charge in [-0.25, -0.2) is 18.2 Å². The minimum absolute atomic E-state index is 0.0796. The van der Waals surface area contributed by atoms with Crippen molar-refractivity contribution in [2.45, 2.75) is 68.3 Å². The van der Waals surface area contributed by atoms with Crippen LogP contribution in [-0.2, 0) is 29.1 Å². The van der Waals surface area contributed by atoms with Gasteiger partial charge in [0, 0.05) is 36.7 Å². The van der Waals surface area contributed by atoms with Crippen molar-refractivity contribution in [1.29, 1.82) is 0 Å². The molecule has 3 aliphatic carbocycles. The number of carbonyl (C=O) groups is 4. The average Bonchev–Trinajstić information content (AvgIpc) is 3.87. The number of hydrogen-bond acceptors (Lipinski definition) is 9. The highest BCUT2D eigenvalue weighted by atomic mass is 32.2. The first-order chi connectivity index (χ1) is 21.6. The minimum Gasteiger partial charge on any atom is -0.446 e. The van der Waals surface area contributed by atoms with Crippen molar-refractivity contribution in [3.8, 4) is 10.6 Å². The number of fused-ring (bicyclic) bond motifs is 2. The van der Waals surface area contributed by atoms with Crippen molar-refractivity contribution in [2.24, 2.45) is 17.8 Å². The predicted molar refractivity (Wildman–Crippen MR) is 167 cm³/mol. The van der Waals surface area contributed by atoms with Gasteiger partial charge in [-0.05, 0) is 63.5 Å². The number of nitrogens with zero attached hydrogens (tertiary/aromatic N) is 2. The molecule has 0 saturated heterocycles. The number of amides is 4. The Kier molecular flexibility index (Phi) is 8.70. The van der Waals surface area contributed by atoms with Gasteiger partial charge in [0.2, 0.25) is 21.8 Å². The van der Waals surface area contributed by atoms with E-state index in [-0.39, 0.29) is 31.1 Å². The summed E-state index contributed by atoms with van der Waals surface area (Å²) in [6.07, 6.45) is 7.82. The first-order valence-corrected chi connectivity index (χ1v) is 17.8. The Morgan fingerprint density at radius 1 is 1.13 bits per heavy atom. The van der Waals surface area contributed by atoms with Crippen LogP contribution < -0.4 is 15.4 Å². The van der Waals surface area contributed by atoms with Crippen molar-refractivity contribution in [3.63, 3.8) is 0 Å². The topological polar surface area (TPSA) is 164 Å². The molecule has 2 heterocycles. The van der Waals surface area contributed by atoms with Crippen molar-refractivity contribution in [1.82, 2.24) is 19.9 Å². The number of hydrogen-bond donors (Lipinski definition) is 3. The highest BCUT2D eigenvalue weighted by Crippen LogP contribution is 2.47. The zero-order valence-corrected chi connectivity index (χ0v) is 26.6. The van der Waals surface area contributed by atoms with Crippen LogP contribution in [0.4, 0.5) is 10.5 Å². The van der Waals surface area contributed by atoms with Crippen LogP contribution in [0.3, 0.4) is 0 Å². The molecule has 0 spiro atoms. The van der Waals surface area contributed by atoms with Crippen molar-refractivity contribution < 1.29 is 32.3 Å². The van der Waals surface area contributed by atoms with E-state index in [0.29, 0.717) is 25.1 Å². The molecular formula is C31H37N5O7S2. The molecule has 1 aliphatic heterocycles. The van der Waals surface area contributed by atoms with E-state index in [2.05, 4.69) is 20.3 Å². The number of rotatable bonds is 6. The Labute approximate surface area is 266 Å². The Bertz CT molecular complexity index is 1610. The molecule has 1 aromatic heterocycles. The van der Waals surface area contributed by atoms with Gasteiger partial charge >= 0.3 is 6.09 Å². The molecule has 45 heavy (non-hydrogen) atoms. The number of aromatic nitrogens is 1. The van der Waals surface area contributed by atoms with Gasteiger partial charge in [-0.15, -0.1) is 11.3 Å². The van der Waals surface area contributed by atoms with Crippen LogP contribution in [0.5, 0.6) is 0 Å². The summed E-state index contributed by atoms with van der Waals surface area (Å²) < 4.78 is 33.2. The van der Waals surface area contributed by atoms with E-state index in [4.69, 9.17) is 4.74 Å². The molecule has 5 atom stereocenters. The fourth-order valence-corrected chi connectivity index (χ4v) is 8.36. The number of para-hydroxylation sites is 1. The molecule has 12 nitrogen and oxygen atoms in total. The summed E-state index contributed by atoms with van der Waals surface area (Å²) in [6.45, 7) is 0.520. The largest absolute Gasteiger partial charge is 0.446 e. The molecule has 1 aromatic carbocycles. The summed E-state index contributed by atoms with van der Waals surface area (Å²) in [5.74, 6) is -3.54.